The highest BCUT2D eigenvalue weighted by atomic mass is 16.4. The third-order valence-corrected chi connectivity index (χ3v) is 2.66. The molecular formula is C14H21N3O3. The summed E-state index contributed by atoms with van der Waals surface area (Å²) in [7, 11) is 0. The van der Waals surface area contributed by atoms with Crippen LogP contribution >= 0.6 is 0 Å². The van der Waals surface area contributed by atoms with Gasteiger partial charge in [-0.1, -0.05) is 26.8 Å². The van der Waals surface area contributed by atoms with Gasteiger partial charge in [-0.05, 0) is 23.5 Å². The van der Waals surface area contributed by atoms with E-state index in [1.54, 1.807) is 6.07 Å². The number of pyridine rings is 1. The Kier molecular flexibility index (Phi) is 5.49. The summed E-state index contributed by atoms with van der Waals surface area (Å²) in [6, 6.07) is 2.81. The maximum absolute atomic E-state index is 11.5. The molecule has 110 valence electrons. The van der Waals surface area contributed by atoms with Crippen LogP contribution in [0.5, 0.6) is 0 Å². The first-order valence-corrected chi connectivity index (χ1v) is 6.48. The first-order chi connectivity index (χ1) is 9.28. The highest BCUT2D eigenvalue weighted by Crippen LogP contribution is 2.16. The fourth-order valence-corrected chi connectivity index (χ4v) is 1.45. The second-order valence-electron chi connectivity index (χ2n) is 5.78. The van der Waals surface area contributed by atoms with Gasteiger partial charge in [0.1, 0.15) is 5.69 Å². The molecule has 1 aromatic heterocycles. The minimum atomic E-state index is -1.07. The lowest BCUT2D eigenvalue weighted by atomic mass is 9.92. The molecule has 1 heterocycles. The first-order valence-electron chi connectivity index (χ1n) is 6.48. The molecule has 0 radical (unpaired) electrons. The molecule has 0 spiro atoms. The standard InChI is InChI=1S/C14H21N3O3/c1-14(2,3)6-7-15-13(20)17-9-10-4-5-11(12(18)19)16-8-10/h4-5,8H,6-7,9H2,1-3H3,(H,18,19)(H2,15,17,20). The van der Waals surface area contributed by atoms with Gasteiger partial charge in [0.15, 0.2) is 0 Å². The molecular weight excluding hydrogens is 258 g/mol. The molecule has 0 unspecified atom stereocenters. The monoisotopic (exact) mass is 279 g/mol. The van der Waals surface area contributed by atoms with E-state index in [0.29, 0.717) is 13.1 Å². The lowest BCUT2D eigenvalue weighted by Gasteiger charge is -2.18. The molecule has 0 atom stereocenters. The van der Waals surface area contributed by atoms with Gasteiger partial charge in [0, 0.05) is 19.3 Å². The van der Waals surface area contributed by atoms with Crippen molar-refractivity contribution in [3.05, 3.63) is 29.6 Å². The number of nitrogens with zero attached hydrogens (tertiary/aromatic N) is 1. The van der Waals surface area contributed by atoms with Crippen LogP contribution in [-0.2, 0) is 6.54 Å². The van der Waals surface area contributed by atoms with E-state index in [1.165, 1.54) is 12.3 Å². The number of nitrogens with one attached hydrogen (secondary N) is 2. The van der Waals surface area contributed by atoms with Crippen molar-refractivity contribution in [2.45, 2.75) is 33.7 Å². The summed E-state index contributed by atoms with van der Waals surface area (Å²) >= 11 is 0. The van der Waals surface area contributed by atoms with Gasteiger partial charge < -0.3 is 15.7 Å². The number of aromatic nitrogens is 1. The summed E-state index contributed by atoms with van der Waals surface area (Å²) in [6.45, 7) is 7.27. The Hall–Kier alpha value is -2.11. The van der Waals surface area contributed by atoms with Crippen LogP contribution in [0.1, 0.15) is 43.2 Å². The largest absolute Gasteiger partial charge is 0.477 e. The van der Waals surface area contributed by atoms with E-state index < -0.39 is 5.97 Å². The minimum Gasteiger partial charge on any atom is -0.477 e. The maximum atomic E-state index is 11.5. The van der Waals surface area contributed by atoms with E-state index in [-0.39, 0.29) is 17.1 Å². The Bertz CT molecular complexity index is 464. The van der Waals surface area contributed by atoms with Crippen molar-refractivity contribution in [3.63, 3.8) is 0 Å². The molecule has 0 aliphatic rings. The van der Waals surface area contributed by atoms with Gasteiger partial charge in [0.2, 0.25) is 0 Å². The van der Waals surface area contributed by atoms with Crippen LogP contribution in [0.25, 0.3) is 0 Å². The summed E-state index contributed by atoms with van der Waals surface area (Å²) in [4.78, 5) is 26.0. The molecule has 0 bridgehead atoms. The van der Waals surface area contributed by atoms with Gasteiger partial charge in [-0.15, -0.1) is 0 Å². The van der Waals surface area contributed by atoms with Gasteiger partial charge >= 0.3 is 12.0 Å². The number of aromatic carboxylic acids is 1. The van der Waals surface area contributed by atoms with Crippen LogP contribution in [0, 0.1) is 5.41 Å². The zero-order valence-corrected chi connectivity index (χ0v) is 12.1. The molecule has 3 N–H and O–H groups in total. The van der Waals surface area contributed by atoms with Crippen molar-refractivity contribution >= 4 is 12.0 Å². The molecule has 0 fully saturated rings. The lowest BCUT2D eigenvalue weighted by molar-refractivity contribution is 0.0690. The predicted octanol–water partition coefficient (Wildman–Crippen LogP) is 2.02. The predicted molar refractivity (Wildman–Crippen MR) is 75.5 cm³/mol. The molecule has 0 saturated carbocycles. The van der Waals surface area contributed by atoms with Crippen LogP contribution in [-0.4, -0.2) is 28.6 Å². The maximum Gasteiger partial charge on any atom is 0.354 e. The SMILES string of the molecule is CC(C)(C)CCNC(=O)NCc1ccc(C(=O)O)nc1. The molecule has 6 nitrogen and oxygen atoms in total. The number of amides is 2. The number of hydrogen-bond acceptors (Lipinski definition) is 3. The van der Waals surface area contributed by atoms with E-state index in [0.717, 1.165) is 12.0 Å². The molecule has 1 rings (SSSR count). The summed E-state index contributed by atoms with van der Waals surface area (Å²) in [5.41, 5.74) is 0.925. The average Bonchev–Trinajstić information content (AvgIpc) is 2.35. The Balaban J connectivity index is 2.32. The Labute approximate surface area is 118 Å². The van der Waals surface area contributed by atoms with Gasteiger partial charge in [-0.25, -0.2) is 14.6 Å². The minimum absolute atomic E-state index is 0.0108. The Morgan fingerprint density at radius 1 is 1.25 bits per heavy atom. The number of rotatable bonds is 5. The number of carboxylic acid groups (broad SMARTS) is 1. The molecule has 1 aromatic rings. The molecule has 0 aromatic carbocycles. The third kappa shape index (κ3) is 6.17. The van der Waals surface area contributed by atoms with Crippen molar-refractivity contribution in [2.75, 3.05) is 6.54 Å². The van der Waals surface area contributed by atoms with Crippen LogP contribution in [0.15, 0.2) is 18.3 Å². The van der Waals surface area contributed by atoms with Gasteiger partial charge in [0.05, 0.1) is 0 Å². The zero-order valence-electron chi connectivity index (χ0n) is 12.1. The van der Waals surface area contributed by atoms with E-state index in [1.807, 2.05) is 0 Å². The normalized spacial score (nSPS) is 10.9. The summed E-state index contributed by atoms with van der Waals surface area (Å²) in [6.07, 6.45) is 2.34. The van der Waals surface area contributed by atoms with Crippen LogP contribution in [0.2, 0.25) is 0 Å². The fraction of sp³-hybridized carbons (Fsp3) is 0.500. The van der Waals surface area contributed by atoms with Crippen molar-refractivity contribution in [3.8, 4) is 0 Å². The topological polar surface area (TPSA) is 91.3 Å². The molecule has 0 aliphatic carbocycles. The van der Waals surface area contributed by atoms with Crippen molar-refractivity contribution in [2.24, 2.45) is 5.41 Å². The van der Waals surface area contributed by atoms with Gasteiger partial charge in [0.25, 0.3) is 0 Å². The molecule has 20 heavy (non-hydrogen) atoms. The van der Waals surface area contributed by atoms with E-state index in [2.05, 4.69) is 36.4 Å². The van der Waals surface area contributed by atoms with E-state index in [4.69, 9.17) is 5.11 Å². The average molecular weight is 279 g/mol. The highest BCUT2D eigenvalue weighted by Gasteiger charge is 2.10. The number of carboxylic acids is 1. The first kappa shape index (κ1) is 15.9. The second-order valence-corrected chi connectivity index (χ2v) is 5.78. The number of carbonyl (C=O) groups excluding carboxylic acids is 1. The summed E-state index contributed by atoms with van der Waals surface area (Å²) < 4.78 is 0. The highest BCUT2D eigenvalue weighted by molar-refractivity contribution is 5.85. The smallest absolute Gasteiger partial charge is 0.354 e. The molecule has 0 saturated heterocycles. The summed E-state index contributed by atoms with van der Waals surface area (Å²) in [5.74, 6) is -1.07. The molecule has 6 heteroatoms. The van der Waals surface area contributed by atoms with E-state index >= 15 is 0 Å². The summed E-state index contributed by atoms with van der Waals surface area (Å²) in [5, 5.41) is 14.2. The second kappa shape index (κ2) is 6.88. The zero-order chi connectivity index (χ0) is 15.2. The van der Waals surface area contributed by atoms with Crippen LogP contribution < -0.4 is 10.6 Å². The van der Waals surface area contributed by atoms with Crippen molar-refractivity contribution < 1.29 is 14.7 Å². The quantitative estimate of drug-likeness (QED) is 0.769. The van der Waals surface area contributed by atoms with Crippen molar-refractivity contribution in [1.29, 1.82) is 0 Å². The third-order valence-electron chi connectivity index (χ3n) is 2.66. The lowest BCUT2D eigenvalue weighted by Crippen LogP contribution is -2.36. The van der Waals surface area contributed by atoms with Crippen molar-refractivity contribution in [1.82, 2.24) is 15.6 Å². The van der Waals surface area contributed by atoms with Crippen LogP contribution in [0.4, 0.5) is 4.79 Å². The molecule has 0 aliphatic heterocycles. The number of carbonyl (C=O) groups is 2. The fourth-order valence-electron chi connectivity index (χ4n) is 1.45. The van der Waals surface area contributed by atoms with Crippen LogP contribution in [0.3, 0.4) is 0 Å². The Morgan fingerprint density at radius 2 is 1.95 bits per heavy atom. The van der Waals surface area contributed by atoms with Gasteiger partial charge in [-0.2, -0.15) is 0 Å². The van der Waals surface area contributed by atoms with E-state index in [9.17, 15) is 9.59 Å². The number of hydrogen-bond donors (Lipinski definition) is 3. The Morgan fingerprint density at radius 3 is 2.45 bits per heavy atom. The number of urea groups is 1. The van der Waals surface area contributed by atoms with Gasteiger partial charge in [-0.3, -0.25) is 0 Å². The molecule has 2 amide bonds.